The maximum atomic E-state index is 12.9. The predicted molar refractivity (Wildman–Crippen MR) is 335 cm³/mol. The van der Waals surface area contributed by atoms with Gasteiger partial charge in [-0.25, -0.2) is 0 Å². The number of esters is 3. The number of allylic oxidation sites excluding steroid dienone is 6. The van der Waals surface area contributed by atoms with Crippen LogP contribution in [0.5, 0.6) is 0 Å². The zero-order chi connectivity index (χ0) is 55.7. The fourth-order valence-electron chi connectivity index (χ4n) is 10.4. The number of hydrogen-bond acceptors (Lipinski definition) is 6. The van der Waals surface area contributed by atoms with E-state index in [1.54, 1.807) is 0 Å². The van der Waals surface area contributed by atoms with Crippen LogP contribution in [0.15, 0.2) is 36.5 Å². The first-order valence-electron chi connectivity index (χ1n) is 34.5. The summed E-state index contributed by atoms with van der Waals surface area (Å²) in [6, 6.07) is 0. The molecule has 0 aliphatic heterocycles. The van der Waals surface area contributed by atoms with Crippen LogP contribution < -0.4 is 0 Å². The van der Waals surface area contributed by atoms with Crippen LogP contribution in [0.3, 0.4) is 0 Å². The molecule has 0 aliphatic rings. The molecule has 77 heavy (non-hydrogen) atoms. The molecule has 0 aromatic heterocycles. The van der Waals surface area contributed by atoms with Gasteiger partial charge in [-0.15, -0.1) is 0 Å². The molecule has 0 spiro atoms. The summed E-state index contributed by atoms with van der Waals surface area (Å²) >= 11 is 0. The standard InChI is InChI=1S/C71H132O6/c1-4-7-10-13-16-19-22-25-28-30-31-32-33-34-35-36-37-38-39-40-41-44-46-49-52-55-58-61-64-70(73)76-67-68(66-75-69(72)63-60-57-54-51-48-45-42-27-24-21-18-15-12-9-6-3)77-71(74)65-62-59-56-53-50-47-43-29-26-23-20-17-14-11-8-5-2/h18,21,27,29,42-43,68H,4-17,19-20,22-26,28,30-41,44-67H2,1-3H3/b21-18-,42-27-,43-29-. The van der Waals surface area contributed by atoms with E-state index >= 15 is 0 Å². The summed E-state index contributed by atoms with van der Waals surface area (Å²) in [5.74, 6) is -0.874. The highest BCUT2D eigenvalue weighted by Gasteiger charge is 2.19. The third-order valence-corrected chi connectivity index (χ3v) is 15.6. The molecule has 0 rings (SSSR count). The molecule has 0 fully saturated rings. The van der Waals surface area contributed by atoms with Crippen molar-refractivity contribution in [3.05, 3.63) is 36.5 Å². The molecule has 452 valence electrons. The molecule has 6 nitrogen and oxygen atoms in total. The lowest BCUT2D eigenvalue weighted by atomic mass is 10.0. The molecule has 0 radical (unpaired) electrons. The Hall–Kier alpha value is -2.37. The minimum Gasteiger partial charge on any atom is -0.462 e. The van der Waals surface area contributed by atoms with Gasteiger partial charge in [-0.2, -0.15) is 0 Å². The Morgan fingerprint density at radius 1 is 0.260 bits per heavy atom. The largest absolute Gasteiger partial charge is 0.462 e. The van der Waals surface area contributed by atoms with E-state index in [1.807, 2.05) is 0 Å². The third kappa shape index (κ3) is 64.3. The predicted octanol–water partition coefficient (Wildman–Crippen LogP) is 23.6. The number of carbonyl (C=O) groups excluding carboxylic acids is 3. The molecular formula is C71H132O6. The zero-order valence-electron chi connectivity index (χ0n) is 52.0. The van der Waals surface area contributed by atoms with E-state index in [1.165, 1.54) is 257 Å². The first kappa shape index (κ1) is 74.6. The average molecular weight is 1080 g/mol. The molecule has 0 aliphatic carbocycles. The normalized spacial score (nSPS) is 12.2. The molecule has 0 heterocycles. The van der Waals surface area contributed by atoms with Gasteiger partial charge in [0.25, 0.3) is 0 Å². The molecule has 0 N–H and O–H groups in total. The van der Waals surface area contributed by atoms with Crippen molar-refractivity contribution in [2.45, 2.75) is 386 Å². The highest BCUT2D eigenvalue weighted by atomic mass is 16.6. The van der Waals surface area contributed by atoms with Crippen molar-refractivity contribution in [2.24, 2.45) is 0 Å². The lowest BCUT2D eigenvalue weighted by molar-refractivity contribution is -0.167. The zero-order valence-corrected chi connectivity index (χ0v) is 52.0. The van der Waals surface area contributed by atoms with Crippen molar-refractivity contribution in [3.63, 3.8) is 0 Å². The van der Waals surface area contributed by atoms with Gasteiger partial charge < -0.3 is 14.2 Å². The Kier molecular flexibility index (Phi) is 64.1. The fourth-order valence-corrected chi connectivity index (χ4v) is 10.4. The second-order valence-corrected chi connectivity index (χ2v) is 23.4. The molecule has 1 unspecified atom stereocenters. The molecule has 0 amide bonds. The second kappa shape index (κ2) is 66.1. The van der Waals surface area contributed by atoms with Crippen LogP contribution in [0, 0.1) is 0 Å². The minimum atomic E-state index is -0.781. The molecule has 6 heteroatoms. The number of ether oxygens (including phenoxy) is 3. The van der Waals surface area contributed by atoms with Crippen LogP contribution >= 0.6 is 0 Å². The van der Waals surface area contributed by atoms with Crippen molar-refractivity contribution >= 4 is 17.9 Å². The van der Waals surface area contributed by atoms with Gasteiger partial charge in [0.05, 0.1) is 0 Å². The number of unbranched alkanes of at least 4 members (excludes halogenated alkanes) is 47. The summed E-state index contributed by atoms with van der Waals surface area (Å²) in [5.41, 5.74) is 0. The molecule has 0 bridgehead atoms. The van der Waals surface area contributed by atoms with E-state index in [2.05, 4.69) is 57.2 Å². The van der Waals surface area contributed by atoms with Crippen LogP contribution in [0.1, 0.15) is 380 Å². The molecule has 1 atom stereocenters. The van der Waals surface area contributed by atoms with E-state index in [-0.39, 0.29) is 31.1 Å². The van der Waals surface area contributed by atoms with Crippen LogP contribution in [0.25, 0.3) is 0 Å². The quantitative estimate of drug-likeness (QED) is 0.0261. The summed E-state index contributed by atoms with van der Waals surface area (Å²) in [6.07, 6.45) is 81.8. The summed E-state index contributed by atoms with van der Waals surface area (Å²) in [7, 11) is 0. The SMILES string of the molecule is CCCCC/C=C\C/C=C\CCCCCCCC(=O)OCC(COC(=O)CCCCCCCCCCCCCCCCCCCCCCCCCCCCCC)OC(=O)CCCCCCC/C=C\CCCCCCCCC. The Morgan fingerprint density at radius 2 is 0.468 bits per heavy atom. The average Bonchev–Trinajstić information content (AvgIpc) is 3.43. The Morgan fingerprint density at radius 3 is 0.753 bits per heavy atom. The van der Waals surface area contributed by atoms with Gasteiger partial charge in [-0.05, 0) is 77.0 Å². The van der Waals surface area contributed by atoms with Crippen LogP contribution in [0.4, 0.5) is 0 Å². The molecular weight excluding hydrogens is 949 g/mol. The first-order chi connectivity index (χ1) is 38.0. The topological polar surface area (TPSA) is 78.9 Å². The highest BCUT2D eigenvalue weighted by molar-refractivity contribution is 5.71. The van der Waals surface area contributed by atoms with E-state index in [9.17, 15) is 14.4 Å². The van der Waals surface area contributed by atoms with Crippen LogP contribution in [-0.2, 0) is 28.6 Å². The highest BCUT2D eigenvalue weighted by Crippen LogP contribution is 2.18. The number of hydrogen-bond donors (Lipinski definition) is 0. The third-order valence-electron chi connectivity index (χ3n) is 15.6. The van der Waals surface area contributed by atoms with Crippen molar-refractivity contribution in [1.82, 2.24) is 0 Å². The Balaban J connectivity index is 4.21. The van der Waals surface area contributed by atoms with Gasteiger partial charge in [0.2, 0.25) is 0 Å². The van der Waals surface area contributed by atoms with Gasteiger partial charge >= 0.3 is 17.9 Å². The lowest BCUT2D eigenvalue weighted by Crippen LogP contribution is -2.30. The van der Waals surface area contributed by atoms with Gasteiger partial charge in [0.15, 0.2) is 6.10 Å². The van der Waals surface area contributed by atoms with E-state index in [0.717, 1.165) is 83.5 Å². The maximum absolute atomic E-state index is 12.9. The fraction of sp³-hybridized carbons (Fsp3) is 0.873. The van der Waals surface area contributed by atoms with Crippen molar-refractivity contribution < 1.29 is 28.6 Å². The Labute approximate surface area is 480 Å². The van der Waals surface area contributed by atoms with Gasteiger partial charge in [-0.1, -0.05) is 320 Å². The van der Waals surface area contributed by atoms with Crippen molar-refractivity contribution in [2.75, 3.05) is 13.2 Å². The lowest BCUT2D eigenvalue weighted by Gasteiger charge is -2.18. The second-order valence-electron chi connectivity index (χ2n) is 23.4. The number of rotatable bonds is 64. The van der Waals surface area contributed by atoms with E-state index in [0.29, 0.717) is 19.3 Å². The first-order valence-corrected chi connectivity index (χ1v) is 34.5. The van der Waals surface area contributed by atoms with Gasteiger partial charge in [-0.3, -0.25) is 14.4 Å². The Bertz CT molecular complexity index is 1290. The summed E-state index contributed by atoms with van der Waals surface area (Å²) < 4.78 is 16.9. The maximum Gasteiger partial charge on any atom is 0.306 e. The van der Waals surface area contributed by atoms with E-state index in [4.69, 9.17) is 14.2 Å². The smallest absolute Gasteiger partial charge is 0.306 e. The number of carbonyl (C=O) groups is 3. The molecule has 0 aromatic carbocycles. The van der Waals surface area contributed by atoms with E-state index < -0.39 is 6.10 Å². The van der Waals surface area contributed by atoms with Crippen LogP contribution in [-0.4, -0.2) is 37.2 Å². The van der Waals surface area contributed by atoms with Gasteiger partial charge in [0, 0.05) is 19.3 Å². The van der Waals surface area contributed by atoms with Crippen molar-refractivity contribution in [3.8, 4) is 0 Å². The monoisotopic (exact) mass is 1080 g/mol. The molecule has 0 saturated heterocycles. The molecule has 0 saturated carbocycles. The van der Waals surface area contributed by atoms with Gasteiger partial charge in [0.1, 0.15) is 13.2 Å². The summed E-state index contributed by atoms with van der Waals surface area (Å²) in [6.45, 7) is 6.66. The van der Waals surface area contributed by atoms with Crippen LogP contribution in [0.2, 0.25) is 0 Å². The van der Waals surface area contributed by atoms with Crippen molar-refractivity contribution in [1.29, 1.82) is 0 Å². The molecule has 0 aromatic rings. The summed E-state index contributed by atoms with van der Waals surface area (Å²) in [5, 5.41) is 0. The summed E-state index contributed by atoms with van der Waals surface area (Å²) in [4.78, 5) is 38.3. The minimum absolute atomic E-state index is 0.0758.